The van der Waals surface area contributed by atoms with Crippen LogP contribution in [-0.2, 0) is 9.53 Å². The van der Waals surface area contributed by atoms with Crippen molar-refractivity contribution in [1.82, 2.24) is 9.80 Å². The molecule has 2 saturated heterocycles. The molecule has 2 amide bonds. The highest BCUT2D eigenvalue weighted by Gasteiger charge is 2.49. The number of hydrogen-bond donors (Lipinski definition) is 1. The number of methoxy groups -OCH3 is 1. The maximum atomic E-state index is 13.1. The van der Waals surface area contributed by atoms with Gasteiger partial charge < -0.3 is 19.6 Å². The Kier molecular flexibility index (Phi) is 5.20. The molecule has 2 aliphatic heterocycles. The number of carbonyl (C=O) groups is 3. The molecule has 0 radical (unpaired) electrons. The third-order valence-electron chi connectivity index (χ3n) is 6.08. The molecule has 0 aliphatic carbocycles. The first-order valence-electron chi connectivity index (χ1n) is 9.93. The van der Waals surface area contributed by atoms with Crippen molar-refractivity contribution in [3.63, 3.8) is 0 Å². The molecule has 0 bridgehead atoms. The number of phenols is 1. The molecule has 2 aromatic rings. The summed E-state index contributed by atoms with van der Waals surface area (Å²) in [5.74, 6) is -0.665. The SMILES string of the molecule is COC(=O)c1cc(O)cc(C(=O)N2C[C@@H]3CN(C(C)=O)[C@H](c4ccccc4)[C@@H]3C2)c1. The number of esters is 1. The molecular formula is C23H24N2O5. The number of hydrogen-bond acceptors (Lipinski definition) is 5. The Morgan fingerprint density at radius 1 is 1.00 bits per heavy atom. The quantitative estimate of drug-likeness (QED) is 0.789. The van der Waals surface area contributed by atoms with Gasteiger partial charge >= 0.3 is 5.97 Å². The van der Waals surface area contributed by atoms with Crippen LogP contribution in [0.1, 0.15) is 39.2 Å². The lowest BCUT2D eigenvalue weighted by atomic mass is 9.89. The molecule has 2 heterocycles. The zero-order chi connectivity index (χ0) is 21.4. The first-order valence-corrected chi connectivity index (χ1v) is 9.93. The second kappa shape index (κ2) is 7.82. The highest BCUT2D eigenvalue weighted by molar-refractivity contribution is 5.98. The number of benzene rings is 2. The molecule has 30 heavy (non-hydrogen) atoms. The molecule has 156 valence electrons. The Labute approximate surface area is 174 Å². The van der Waals surface area contributed by atoms with Gasteiger partial charge in [0.05, 0.1) is 18.7 Å². The lowest BCUT2D eigenvalue weighted by Crippen LogP contribution is -2.36. The van der Waals surface area contributed by atoms with Crippen LogP contribution in [0.4, 0.5) is 0 Å². The van der Waals surface area contributed by atoms with Crippen molar-refractivity contribution in [2.24, 2.45) is 11.8 Å². The zero-order valence-corrected chi connectivity index (χ0v) is 16.9. The van der Waals surface area contributed by atoms with E-state index in [0.717, 1.165) is 5.56 Å². The van der Waals surface area contributed by atoms with Crippen LogP contribution in [-0.4, -0.2) is 59.4 Å². The summed E-state index contributed by atoms with van der Waals surface area (Å²) in [6, 6.07) is 13.9. The summed E-state index contributed by atoms with van der Waals surface area (Å²) in [5.41, 5.74) is 1.44. The van der Waals surface area contributed by atoms with Gasteiger partial charge in [0.15, 0.2) is 0 Å². The van der Waals surface area contributed by atoms with Gasteiger partial charge in [-0.2, -0.15) is 0 Å². The van der Waals surface area contributed by atoms with E-state index < -0.39 is 5.97 Å². The Morgan fingerprint density at radius 2 is 1.70 bits per heavy atom. The van der Waals surface area contributed by atoms with E-state index in [9.17, 15) is 19.5 Å². The predicted octanol–water partition coefficient (Wildman–Crippen LogP) is 2.47. The lowest BCUT2D eigenvalue weighted by Gasteiger charge is -2.29. The molecule has 0 spiro atoms. The van der Waals surface area contributed by atoms with Crippen molar-refractivity contribution in [2.45, 2.75) is 13.0 Å². The van der Waals surface area contributed by atoms with Crippen molar-refractivity contribution in [1.29, 1.82) is 0 Å². The van der Waals surface area contributed by atoms with E-state index >= 15 is 0 Å². The Balaban J connectivity index is 1.59. The molecule has 1 N–H and O–H groups in total. The van der Waals surface area contributed by atoms with E-state index in [1.807, 2.05) is 35.2 Å². The van der Waals surface area contributed by atoms with Crippen LogP contribution in [0.2, 0.25) is 0 Å². The fraction of sp³-hybridized carbons (Fsp3) is 0.348. The Bertz CT molecular complexity index is 990. The van der Waals surface area contributed by atoms with E-state index in [1.54, 1.807) is 11.8 Å². The van der Waals surface area contributed by atoms with Gasteiger partial charge in [-0.1, -0.05) is 30.3 Å². The van der Waals surface area contributed by atoms with Gasteiger partial charge in [-0.3, -0.25) is 9.59 Å². The highest BCUT2D eigenvalue weighted by atomic mass is 16.5. The standard InChI is InChI=1S/C23H24N2O5/c1-14(26)25-12-18-11-24(13-20(18)21(25)15-6-4-3-5-7-15)22(28)16-8-17(23(29)30-2)10-19(27)9-16/h3-10,18,20-21,27H,11-13H2,1-2H3/t18-,20-,21-/m1/s1. The van der Waals surface area contributed by atoms with E-state index in [1.165, 1.54) is 25.3 Å². The molecule has 0 aromatic heterocycles. The number of aromatic hydroxyl groups is 1. The highest BCUT2D eigenvalue weighted by Crippen LogP contribution is 2.45. The first-order chi connectivity index (χ1) is 14.4. The number of likely N-dealkylation sites (tertiary alicyclic amines) is 2. The molecule has 7 heteroatoms. The van der Waals surface area contributed by atoms with Crippen LogP contribution >= 0.6 is 0 Å². The van der Waals surface area contributed by atoms with Crippen LogP contribution < -0.4 is 0 Å². The monoisotopic (exact) mass is 408 g/mol. The summed E-state index contributed by atoms with van der Waals surface area (Å²) in [6.07, 6.45) is 0. The normalized spacial score (nSPS) is 22.7. The topological polar surface area (TPSA) is 87.2 Å². The summed E-state index contributed by atoms with van der Waals surface area (Å²) in [4.78, 5) is 40.8. The average molecular weight is 408 g/mol. The fourth-order valence-electron chi connectivity index (χ4n) is 4.77. The minimum atomic E-state index is -0.612. The molecule has 2 fully saturated rings. The third-order valence-corrected chi connectivity index (χ3v) is 6.08. The molecular weight excluding hydrogens is 384 g/mol. The van der Waals surface area contributed by atoms with Crippen LogP contribution in [0, 0.1) is 11.8 Å². The van der Waals surface area contributed by atoms with Crippen molar-refractivity contribution < 1.29 is 24.2 Å². The number of ether oxygens (including phenoxy) is 1. The smallest absolute Gasteiger partial charge is 0.338 e. The summed E-state index contributed by atoms with van der Waals surface area (Å²) >= 11 is 0. The van der Waals surface area contributed by atoms with E-state index in [0.29, 0.717) is 19.6 Å². The number of phenolic OH excluding ortho intramolecular Hbond substituents is 1. The molecule has 7 nitrogen and oxygen atoms in total. The van der Waals surface area contributed by atoms with Gasteiger partial charge in [-0.25, -0.2) is 4.79 Å². The molecule has 4 rings (SSSR count). The minimum absolute atomic E-state index is 0.0341. The van der Waals surface area contributed by atoms with Gasteiger partial charge in [0.1, 0.15) is 5.75 Å². The van der Waals surface area contributed by atoms with Gasteiger partial charge in [0, 0.05) is 44.0 Å². The number of carbonyl (C=O) groups excluding carboxylic acids is 3. The maximum Gasteiger partial charge on any atom is 0.338 e. The van der Waals surface area contributed by atoms with Gasteiger partial charge in [0.25, 0.3) is 5.91 Å². The fourth-order valence-corrected chi connectivity index (χ4v) is 4.77. The van der Waals surface area contributed by atoms with Gasteiger partial charge in [-0.05, 0) is 23.8 Å². The molecule has 2 aliphatic rings. The van der Waals surface area contributed by atoms with E-state index in [-0.39, 0.29) is 46.6 Å². The lowest BCUT2D eigenvalue weighted by molar-refractivity contribution is -0.130. The number of nitrogens with zero attached hydrogens (tertiary/aromatic N) is 2. The first kappa shape index (κ1) is 19.9. The average Bonchev–Trinajstić information content (AvgIpc) is 3.31. The third kappa shape index (κ3) is 3.51. The molecule has 0 unspecified atom stereocenters. The van der Waals surface area contributed by atoms with Crippen molar-refractivity contribution >= 4 is 17.8 Å². The Morgan fingerprint density at radius 3 is 2.37 bits per heavy atom. The number of fused-ring (bicyclic) bond motifs is 1. The number of rotatable bonds is 3. The summed E-state index contributed by atoms with van der Waals surface area (Å²) in [5, 5.41) is 9.96. The minimum Gasteiger partial charge on any atom is -0.508 e. The molecule has 3 atom stereocenters. The zero-order valence-electron chi connectivity index (χ0n) is 16.9. The van der Waals surface area contributed by atoms with Crippen LogP contribution in [0.3, 0.4) is 0 Å². The van der Waals surface area contributed by atoms with Crippen LogP contribution in [0.25, 0.3) is 0 Å². The summed E-state index contributed by atoms with van der Waals surface area (Å²) < 4.78 is 4.70. The summed E-state index contributed by atoms with van der Waals surface area (Å²) in [7, 11) is 1.25. The Hall–Kier alpha value is -3.35. The van der Waals surface area contributed by atoms with Crippen molar-refractivity contribution in [2.75, 3.05) is 26.7 Å². The largest absolute Gasteiger partial charge is 0.508 e. The summed E-state index contributed by atoms with van der Waals surface area (Å²) in [6.45, 7) is 3.23. The second-order valence-electron chi connectivity index (χ2n) is 7.92. The van der Waals surface area contributed by atoms with Gasteiger partial charge in [0.2, 0.25) is 5.91 Å². The molecule has 2 aromatic carbocycles. The van der Waals surface area contributed by atoms with Crippen LogP contribution in [0.5, 0.6) is 5.75 Å². The van der Waals surface area contributed by atoms with Crippen LogP contribution in [0.15, 0.2) is 48.5 Å². The van der Waals surface area contributed by atoms with Crippen molar-refractivity contribution in [3.05, 3.63) is 65.2 Å². The van der Waals surface area contributed by atoms with E-state index in [2.05, 4.69) is 0 Å². The van der Waals surface area contributed by atoms with E-state index in [4.69, 9.17) is 4.74 Å². The maximum absolute atomic E-state index is 13.1. The molecule has 0 saturated carbocycles. The second-order valence-corrected chi connectivity index (χ2v) is 7.92. The van der Waals surface area contributed by atoms with Gasteiger partial charge in [-0.15, -0.1) is 0 Å². The van der Waals surface area contributed by atoms with Crippen molar-refractivity contribution in [3.8, 4) is 5.75 Å². The number of amides is 2. The predicted molar refractivity (Wildman–Crippen MR) is 109 cm³/mol.